The lowest BCUT2D eigenvalue weighted by Gasteiger charge is -2.35. The summed E-state index contributed by atoms with van der Waals surface area (Å²) in [6, 6.07) is 2.20. The van der Waals surface area contributed by atoms with Crippen molar-refractivity contribution in [3.05, 3.63) is 21.9 Å². The number of amides is 1. The van der Waals surface area contributed by atoms with E-state index >= 15 is 0 Å². The lowest BCUT2D eigenvalue weighted by molar-refractivity contribution is -0.133. The number of nitrogens with zero attached hydrogens (tertiary/aromatic N) is 1. The van der Waals surface area contributed by atoms with E-state index in [2.05, 4.69) is 18.4 Å². The Kier molecular flexibility index (Phi) is 4.30. The monoisotopic (exact) mass is 301 g/mol. The number of hydrogen-bond donors (Lipinski definition) is 0. The molecule has 4 nitrogen and oxygen atoms in total. The van der Waals surface area contributed by atoms with Crippen molar-refractivity contribution in [1.29, 1.82) is 0 Å². The highest BCUT2D eigenvalue weighted by Gasteiger charge is 2.30. The van der Waals surface area contributed by atoms with Crippen LogP contribution >= 0.6 is 11.3 Å². The second-order valence-corrected chi connectivity index (χ2v) is 8.20. The van der Waals surface area contributed by atoms with Gasteiger partial charge < -0.3 is 4.90 Å². The standard InChI is InChI=1S/C13H19NO3S2/c1-3-11-10-5-8-18-12(10)4-7-14(11)13(15)6-9-19(2,16)17/h5,8,11H,3-4,6-7,9H2,1-2H3. The van der Waals surface area contributed by atoms with Crippen LogP contribution < -0.4 is 0 Å². The van der Waals surface area contributed by atoms with Gasteiger partial charge in [-0.05, 0) is 29.9 Å². The summed E-state index contributed by atoms with van der Waals surface area (Å²) in [6.45, 7) is 2.77. The maximum Gasteiger partial charge on any atom is 0.224 e. The molecule has 0 fully saturated rings. The summed E-state index contributed by atoms with van der Waals surface area (Å²) >= 11 is 1.74. The number of carbonyl (C=O) groups excluding carboxylic acids is 1. The number of fused-ring (bicyclic) bond motifs is 1. The number of carbonyl (C=O) groups is 1. The van der Waals surface area contributed by atoms with Crippen LogP contribution in [0.1, 0.15) is 36.2 Å². The van der Waals surface area contributed by atoms with Gasteiger partial charge in [-0.2, -0.15) is 0 Å². The van der Waals surface area contributed by atoms with E-state index in [1.807, 2.05) is 4.90 Å². The van der Waals surface area contributed by atoms with E-state index in [1.165, 1.54) is 16.7 Å². The molecule has 19 heavy (non-hydrogen) atoms. The first kappa shape index (κ1) is 14.5. The highest BCUT2D eigenvalue weighted by Crippen LogP contribution is 2.35. The molecule has 1 aliphatic rings. The number of hydrogen-bond acceptors (Lipinski definition) is 4. The van der Waals surface area contributed by atoms with E-state index < -0.39 is 9.84 Å². The second-order valence-electron chi connectivity index (χ2n) is 4.94. The van der Waals surface area contributed by atoms with Crippen LogP contribution in [0.2, 0.25) is 0 Å². The smallest absolute Gasteiger partial charge is 0.224 e. The van der Waals surface area contributed by atoms with Crippen LogP contribution in [0.25, 0.3) is 0 Å². The molecule has 6 heteroatoms. The maximum absolute atomic E-state index is 12.2. The molecule has 1 atom stereocenters. The molecule has 0 saturated heterocycles. The molecule has 1 aliphatic heterocycles. The molecule has 106 valence electrons. The van der Waals surface area contributed by atoms with Crippen LogP contribution in [0.5, 0.6) is 0 Å². The summed E-state index contributed by atoms with van der Waals surface area (Å²) in [7, 11) is -3.08. The van der Waals surface area contributed by atoms with Crippen molar-refractivity contribution in [2.75, 3.05) is 18.6 Å². The predicted octanol–water partition coefficient (Wildman–Crippen LogP) is 2.02. The molecular formula is C13H19NO3S2. The molecule has 2 heterocycles. The second kappa shape index (κ2) is 5.63. The minimum absolute atomic E-state index is 0.0471. The number of thiophene rings is 1. The average molecular weight is 301 g/mol. The van der Waals surface area contributed by atoms with Gasteiger partial charge in [-0.3, -0.25) is 4.79 Å². The lowest BCUT2D eigenvalue weighted by atomic mass is 9.97. The molecule has 0 aliphatic carbocycles. The predicted molar refractivity (Wildman–Crippen MR) is 77.1 cm³/mol. The molecule has 0 spiro atoms. The van der Waals surface area contributed by atoms with Gasteiger partial charge in [0.05, 0.1) is 11.8 Å². The van der Waals surface area contributed by atoms with Gasteiger partial charge in [-0.1, -0.05) is 6.92 Å². The third-order valence-electron chi connectivity index (χ3n) is 3.49. The largest absolute Gasteiger partial charge is 0.335 e. The van der Waals surface area contributed by atoms with Crippen LogP contribution in [0.4, 0.5) is 0 Å². The van der Waals surface area contributed by atoms with Crippen molar-refractivity contribution in [3.8, 4) is 0 Å². The highest BCUT2D eigenvalue weighted by molar-refractivity contribution is 7.90. The Bertz CT molecular complexity index is 562. The van der Waals surface area contributed by atoms with Crippen LogP contribution in [0.15, 0.2) is 11.4 Å². The van der Waals surface area contributed by atoms with Crippen molar-refractivity contribution < 1.29 is 13.2 Å². The van der Waals surface area contributed by atoms with Crippen LogP contribution in [-0.4, -0.2) is 37.8 Å². The maximum atomic E-state index is 12.2. The molecule has 1 unspecified atom stereocenters. The van der Waals surface area contributed by atoms with Crippen LogP contribution in [-0.2, 0) is 21.1 Å². The fraction of sp³-hybridized carbons (Fsp3) is 0.615. The molecule has 1 amide bonds. The summed E-state index contributed by atoms with van der Waals surface area (Å²) in [6.07, 6.45) is 3.02. The minimum atomic E-state index is -3.08. The first-order chi connectivity index (χ1) is 8.92. The first-order valence-corrected chi connectivity index (χ1v) is 9.40. The zero-order valence-electron chi connectivity index (χ0n) is 11.3. The summed E-state index contributed by atoms with van der Waals surface area (Å²) in [4.78, 5) is 15.4. The molecule has 1 aromatic heterocycles. The van der Waals surface area contributed by atoms with E-state index in [-0.39, 0.29) is 24.1 Å². The Balaban J connectivity index is 2.10. The van der Waals surface area contributed by atoms with E-state index in [4.69, 9.17) is 0 Å². The Morgan fingerprint density at radius 1 is 1.53 bits per heavy atom. The molecule has 0 radical (unpaired) electrons. The van der Waals surface area contributed by atoms with Gasteiger partial charge in [0, 0.05) is 24.1 Å². The average Bonchev–Trinajstić information content (AvgIpc) is 2.81. The van der Waals surface area contributed by atoms with Gasteiger partial charge in [0.1, 0.15) is 9.84 Å². The number of sulfone groups is 1. The minimum Gasteiger partial charge on any atom is -0.335 e. The number of rotatable bonds is 4. The SMILES string of the molecule is CCC1c2ccsc2CCN1C(=O)CCS(C)(=O)=O. The van der Waals surface area contributed by atoms with Gasteiger partial charge in [0.25, 0.3) is 0 Å². The zero-order valence-corrected chi connectivity index (χ0v) is 12.9. The Labute approximate surface area is 118 Å². The lowest BCUT2D eigenvalue weighted by Crippen LogP contribution is -2.39. The normalized spacial score (nSPS) is 19.3. The Hall–Kier alpha value is -0.880. The fourth-order valence-corrected chi connectivity index (χ4v) is 4.03. The topological polar surface area (TPSA) is 54.5 Å². The van der Waals surface area contributed by atoms with Gasteiger partial charge >= 0.3 is 0 Å². The van der Waals surface area contributed by atoms with Crippen LogP contribution in [0.3, 0.4) is 0 Å². The Morgan fingerprint density at radius 3 is 2.89 bits per heavy atom. The van der Waals surface area contributed by atoms with E-state index in [1.54, 1.807) is 11.3 Å². The van der Waals surface area contributed by atoms with E-state index in [0.717, 1.165) is 12.8 Å². The van der Waals surface area contributed by atoms with Gasteiger partial charge in [0.2, 0.25) is 5.91 Å². The third-order valence-corrected chi connectivity index (χ3v) is 5.43. The van der Waals surface area contributed by atoms with Crippen LogP contribution in [0, 0.1) is 0 Å². The molecule has 1 aromatic rings. The van der Waals surface area contributed by atoms with Crippen molar-refractivity contribution in [1.82, 2.24) is 4.90 Å². The molecule has 2 rings (SSSR count). The summed E-state index contributed by atoms with van der Waals surface area (Å²) in [5.74, 6) is -0.107. The zero-order chi connectivity index (χ0) is 14.0. The Morgan fingerprint density at radius 2 is 2.26 bits per heavy atom. The molecule has 0 N–H and O–H groups in total. The van der Waals surface area contributed by atoms with Gasteiger partial charge in [-0.25, -0.2) is 8.42 Å². The third kappa shape index (κ3) is 3.36. The molecule has 0 aromatic carbocycles. The summed E-state index contributed by atoms with van der Waals surface area (Å²) < 4.78 is 22.3. The quantitative estimate of drug-likeness (QED) is 0.855. The van der Waals surface area contributed by atoms with E-state index in [0.29, 0.717) is 6.54 Å². The molecule has 0 saturated carbocycles. The van der Waals surface area contributed by atoms with Crippen molar-refractivity contribution in [2.45, 2.75) is 32.2 Å². The van der Waals surface area contributed by atoms with Gasteiger partial charge in [0.15, 0.2) is 0 Å². The molecule has 0 bridgehead atoms. The van der Waals surface area contributed by atoms with E-state index in [9.17, 15) is 13.2 Å². The fourth-order valence-electron chi connectivity index (χ4n) is 2.55. The van der Waals surface area contributed by atoms with Gasteiger partial charge in [-0.15, -0.1) is 11.3 Å². The van der Waals surface area contributed by atoms with Crippen molar-refractivity contribution >= 4 is 27.1 Å². The van der Waals surface area contributed by atoms with Crippen molar-refractivity contribution in [2.24, 2.45) is 0 Å². The van der Waals surface area contributed by atoms with Crippen molar-refractivity contribution in [3.63, 3.8) is 0 Å². The summed E-state index contributed by atoms with van der Waals surface area (Å²) in [5.41, 5.74) is 1.24. The molecular weight excluding hydrogens is 282 g/mol. The summed E-state index contributed by atoms with van der Waals surface area (Å²) in [5, 5.41) is 2.07. The highest BCUT2D eigenvalue weighted by atomic mass is 32.2. The first-order valence-electron chi connectivity index (χ1n) is 6.46.